The van der Waals surface area contributed by atoms with E-state index in [2.05, 4.69) is 78.2 Å². The number of piperazine rings is 1. The van der Waals surface area contributed by atoms with Crippen LogP contribution in [0.1, 0.15) is 19.3 Å². The zero-order chi connectivity index (χ0) is 21.3. The molecule has 2 saturated heterocycles. The van der Waals surface area contributed by atoms with Gasteiger partial charge in [-0.05, 0) is 55.5 Å². The number of piperidine rings is 1. The van der Waals surface area contributed by atoms with Crippen LogP contribution in [0.5, 0.6) is 0 Å². The molecular weight excluding hydrogens is 531 g/mol. The Kier molecular flexibility index (Phi) is 10.4. The molecule has 2 fully saturated rings. The van der Waals surface area contributed by atoms with Gasteiger partial charge in [0.2, 0.25) is 0 Å². The van der Waals surface area contributed by atoms with Gasteiger partial charge in [-0.2, -0.15) is 0 Å². The second kappa shape index (κ2) is 13.3. The van der Waals surface area contributed by atoms with Crippen molar-refractivity contribution >= 4 is 52.0 Å². The average molecular weight is 569 g/mol. The maximum Gasteiger partial charge on any atom is 0.191 e. The molecule has 0 saturated carbocycles. The molecule has 8 heteroatoms. The van der Waals surface area contributed by atoms with Crippen LogP contribution < -0.4 is 20.4 Å². The quantitative estimate of drug-likeness (QED) is 0.231. The van der Waals surface area contributed by atoms with Gasteiger partial charge in [-0.3, -0.25) is 9.89 Å². The molecular formula is C24H37IN6S. The first-order valence-corrected chi connectivity index (χ1v) is 12.5. The van der Waals surface area contributed by atoms with Gasteiger partial charge in [-0.25, -0.2) is 0 Å². The van der Waals surface area contributed by atoms with Crippen LogP contribution in [-0.2, 0) is 0 Å². The summed E-state index contributed by atoms with van der Waals surface area (Å²) in [6, 6.07) is 15.6. The summed E-state index contributed by atoms with van der Waals surface area (Å²) in [4.78, 5) is 12.0. The molecule has 3 heterocycles. The van der Waals surface area contributed by atoms with E-state index in [1.54, 1.807) is 0 Å². The van der Waals surface area contributed by atoms with Gasteiger partial charge < -0.3 is 20.4 Å². The molecule has 6 nitrogen and oxygen atoms in total. The van der Waals surface area contributed by atoms with E-state index in [1.165, 1.54) is 10.7 Å². The van der Waals surface area contributed by atoms with Crippen molar-refractivity contribution in [3.05, 3.63) is 47.8 Å². The normalized spacial score (nSPS) is 18.3. The number of para-hydroxylation sites is 1. The van der Waals surface area contributed by atoms with Crippen molar-refractivity contribution < 1.29 is 0 Å². The van der Waals surface area contributed by atoms with Gasteiger partial charge >= 0.3 is 0 Å². The molecule has 0 aliphatic carbocycles. The van der Waals surface area contributed by atoms with Crippen molar-refractivity contribution in [1.82, 2.24) is 15.5 Å². The van der Waals surface area contributed by atoms with E-state index in [9.17, 15) is 0 Å². The van der Waals surface area contributed by atoms with Crippen molar-refractivity contribution in [1.29, 1.82) is 0 Å². The molecule has 1 aromatic carbocycles. The lowest BCUT2D eigenvalue weighted by atomic mass is 10.1. The molecule has 1 aromatic heterocycles. The number of nitrogens with one attached hydrogen (secondary N) is 2. The Hall–Kier alpha value is -1.52. The summed E-state index contributed by atoms with van der Waals surface area (Å²) in [6.07, 6.45) is 3.46. The number of aliphatic imine (C=N–C) groups is 1. The van der Waals surface area contributed by atoms with Crippen LogP contribution in [0, 0.1) is 0 Å². The van der Waals surface area contributed by atoms with E-state index in [-0.39, 0.29) is 24.0 Å². The lowest BCUT2D eigenvalue weighted by molar-refractivity contribution is 0.255. The summed E-state index contributed by atoms with van der Waals surface area (Å²) in [5.41, 5.74) is 1.35. The van der Waals surface area contributed by atoms with Crippen LogP contribution in [0.3, 0.4) is 0 Å². The average Bonchev–Trinajstić information content (AvgIpc) is 3.37. The topological polar surface area (TPSA) is 46.1 Å². The maximum atomic E-state index is 4.44. The number of thiophene rings is 1. The van der Waals surface area contributed by atoms with Crippen LogP contribution in [0.15, 0.2) is 52.8 Å². The van der Waals surface area contributed by atoms with Gasteiger partial charge in [-0.15, -0.1) is 35.3 Å². The second-order valence-corrected chi connectivity index (χ2v) is 9.30. The predicted molar refractivity (Wildman–Crippen MR) is 149 cm³/mol. The van der Waals surface area contributed by atoms with E-state index in [4.69, 9.17) is 0 Å². The van der Waals surface area contributed by atoms with Crippen LogP contribution in [-0.4, -0.2) is 76.3 Å². The van der Waals surface area contributed by atoms with E-state index in [0.717, 1.165) is 77.6 Å². The lowest BCUT2D eigenvalue weighted by Crippen LogP contribution is -2.49. The van der Waals surface area contributed by atoms with Crippen molar-refractivity contribution in [2.24, 2.45) is 4.99 Å². The largest absolute Gasteiger partial charge is 0.369 e. The zero-order valence-electron chi connectivity index (χ0n) is 19.1. The number of guanidine groups is 1. The lowest BCUT2D eigenvalue weighted by Gasteiger charge is -2.36. The molecule has 4 rings (SSSR count). The van der Waals surface area contributed by atoms with Gasteiger partial charge in [0.1, 0.15) is 0 Å². The second-order valence-electron chi connectivity index (χ2n) is 8.37. The van der Waals surface area contributed by atoms with Gasteiger partial charge in [0.25, 0.3) is 0 Å². The summed E-state index contributed by atoms with van der Waals surface area (Å²) in [6.45, 7) is 8.86. The Morgan fingerprint density at radius 1 is 0.969 bits per heavy atom. The molecule has 2 aliphatic heterocycles. The molecule has 0 bridgehead atoms. The molecule has 0 spiro atoms. The fourth-order valence-electron chi connectivity index (χ4n) is 4.46. The van der Waals surface area contributed by atoms with Crippen LogP contribution in [0.25, 0.3) is 0 Å². The maximum absolute atomic E-state index is 4.44. The Bertz CT molecular complexity index is 784. The highest BCUT2D eigenvalue weighted by molar-refractivity contribution is 14.0. The molecule has 176 valence electrons. The van der Waals surface area contributed by atoms with Crippen molar-refractivity contribution in [3.63, 3.8) is 0 Å². The van der Waals surface area contributed by atoms with E-state index in [0.29, 0.717) is 6.04 Å². The molecule has 0 radical (unpaired) electrons. The van der Waals surface area contributed by atoms with E-state index < -0.39 is 0 Å². The molecule has 2 aliphatic rings. The number of halogens is 1. The van der Waals surface area contributed by atoms with E-state index >= 15 is 0 Å². The smallest absolute Gasteiger partial charge is 0.191 e. The molecule has 2 aromatic rings. The highest BCUT2D eigenvalue weighted by Gasteiger charge is 2.21. The number of hydrogen-bond acceptors (Lipinski definition) is 5. The number of hydrogen-bond donors (Lipinski definition) is 2. The molecule has 0 atom stereocenters. The number of anilines is 2. The standard InChI is InChI=1S/C24H36N6S.HI/c1-25-24(27-21-10-14-30(15-11-21)23-9-5-20-31-23)26-12-6-13-28-16-18-29(19-17-28)22-7-3-2-4-8-22;/h2-5,7-9,20-21H,6,10-19H2,1H3,(H2,25,26,27);1H. The first kappa shape index (κ1) is 25.1. The number of benzene rings is 1. The summed E-state index contributed by atoms with van der Waals surface area (Å²) in [5, 5.41) is 10.7. The van der Waals surface area contributed by atoms with Gasteiger partial charge in [-0.1, -0.05) is 18.2 Å². The monoisotopic (exact) mass is 568 g/mol. The SMILES string of the molecule is CN=C(NCCCN1CCN(c2ccccc2)CC1)NC1CCN(c2cccs2)CC1.I. The van der Waals surface area contributed by atoms with Crippen molar-refractivity contribution in [2.45, 2.75) is 25.3 Å². The minimum Gasteiger partial charge on any atom is -0.369 e. The fraction of sp³-hybridized carbons (Fsp3) is 0.542. The first-order valence-electron chi connectivity index (χ1n) is 11.6. The highest BCUT2D eigenvalue weighted by atomic mass is 127. The number of rotatable bonds is 7. The molecule has 32 heavy (non-hydrogen) atoms. The van der Waals surface area contributed by atoms with Crippen molar-refractivity contribution in [3.8, 4) is 0 Å². The Morgan fingerprint density at radius 2 is 1.72 bits per heavy atom. The minimum atomic E-state index is 0. The fourth-order valence-corrected chi connectivity index (χ4v) is 5.25. The Morgan fingerprint density at radius 3 is 2.38 bits per heavy atom. The van der Waals surface area contributed by atoms with Crippen LogP contribution in [0.2, 0.25) is 0 Å². The highest BCUT2D eigenvalue weighted by Crippen LogP contribution is 2.24. The number of nitrogens with zero attached hydrogens (tertiary/aromatic N) is 4. The molecule has 0 amide bonds. The van der Waals surface area contributed by atoms with Crippen LogP contribution in [0.4, 0.5) is 10.7 Å². The van der Waals surface area contributed by atoms with Gasteiger partial charge in [0.15, 0.2) is 5.96 Å². The van der Waals surface area contributed by atoms with Gasteiger partial charge in [0.05, 0.1) is 5.00 Å². The predicted octanol–water partition coefficient (Wildman–Crippen LogP) is 3.71. The van der Waals surface area contributed by atoms with Crippen LogP contribution >= 0.6 is 35.3 Å². The Labute approximate surface area is 214 Å². The Balaban J connectivity index is 0.00000289. The summed E-state index contributed by atoms with van der Waals surface area (Å²) < 4.78 is 0. The van der Waals surface area contributed by atoms with E-state index in [1.807, 2.05) is 18.4 Å². The summed E-state index contributed by atoms with van der Waals surface area (Å²) >= 11 is 1.84. The molecule has 0 unspecified atom stereocenters. The third-order valence-corrected chi connectivity index (χ3v) is 7.24. The summed E-state index contributed by atoms with van der Waals surface area (Å²) in [5.74, 6) is 0.948. The zero-order valence-corrected chi connectivity index (χ0v) is 22.2. The van der Waals surface area contributed by atoms with Crippen molar-refractivity contribution in [2.75, 3.05) is 69.2 Å². The van der Waals surface area contributed by atoms with Gasteiger partial charge in [0, 0.05) is 64.6 Å². The summed E-state index contributed by atoms with van der Waals surface area (Å²) in [7, 11) is 1.87. The third kappa shape index (κ3) is 7.25. The first-order chi connectivity index (χ1) is 15.3. The molecule has 2 N–H and O–H groups in total. The third-order valence-electron chi connectivity index (χ3n) is 6.31. The minimum absolute atomic E-state index is 0.